The maximum atomic E-state index is 12.4. The fraction of sp³-hybridized carbons (Fsp3) is 0.400. The third-order valence-corrected chi connectivity index (χ3v) is 3.48. The van der Waals surface area contributed by atoms with Crippen LogP contribution >= 0.6 is 11.6 Å². The van der Waals surface area contributed by atoms with E-state index in [9.17, 15) is 4.79 Å². The van der Waals surface area contributed by atoms with Gasteiger partial charge in [-0.05, 0) is 26.8 Å². The summed E-state index contributed by atoms with van der Waals surface area (Å²) >= 11 is 6.01. The molecule has 7 nitrogen and oxygen atoms in total. The smallest absolute Gasteiger partial charge is 0.435 e. The summed E-state index contributed by atoms with van der Waals surface area (Å²) in [5, 5.41) is 7.40. The van der Waals surface area contributed by atoms with E-state index in [4.69, 9.17) is 16.3 Å². The van der Waals surface area contributed by atoms with Crippen LogP contribution in [0.3, 0.4) is 0 Å². The molecule has 1 aliphatic rings. The average Bonchev–Trinajstić information content (AvgIpc) is 3.00. The molecule has 0 aliphatic carbocycles. The summed E-state index contributed by atoms with van der Waals surface area (Å²) < 4.78 is 6.65. The Kier molecular flexibility index (Phi) is 3.77. The lowest BCUT2D eigenvalue weighted by Gasteiger charge is -2.19. The van der Waals surface area contributed by atoms with Gasteiger partial charge in [-0.2, -0.15) is 9.78 Å². The zero-order valence-corrected chi connectivity index (χ0v) is 14.2. The van der Waals surface area contributed by atoms with Gasteiger partial charge in [0.25, 0.3) is 0 Å². The van der Waals surface area contributed by atoms with Crippen molar-refractivity contribution in [3.8, 4) is 0 Å². The molecule has 1 N–H and O–H groups in total. The highest BCUT2D eigenvalue weighted by Gasteiger charge is 2.24. The van der Waals surface area contributed by atoms with E-state index in [0.29, 0.717) is 22.9 Å². The van der Waals surface area contributed by atoms with E-state index in [0.717, 1.165) is 11.0 Å². The van der Waals surface area contributed by atoms with Gasteiger partial charge >= 0.3 is 6.09 Å². The Morgan fingerprint density at radius 3 is 2.78 bits per heavy atom. The van der Waals surface area contributed by atoms with Crippen molar-refractivity contribution < 1.29 is 9.53 Å². The maximum Gasteiger partial charge on any atom is 0.435 e. The molecule has 0 radical (unpaired) electrons. The third kappa shape index (κ3) is 3.16. The number of fused-ring (bicyclic) bond motifs is 1. The van der Waals surface area contributed by atoms with Crippen LogP contribution in [-0.4, -0.2) is 45.1 Å². The number of aromatic nitrogens is 3. The Bertz CT molecular complexity index is 806. The molecular formula is C15H18ClN5O2. The summed E-state index contributed by atoms with van der Waals surface area (Å²) in [5.41, 5.74) is 4.75. The highest BCUT2D eigenvalue weighted by molar-refractivity contribution is 6.30. The van der Waals surface area contributed by atoms with E-state index in [2.05, 4.69) is 15.5 Å². The minimum Gasteiger partial charge on any atom is -0.442 e. The van der Waals surface area contributed by atoms with Crippen molar-refractivity contribution in [2.75, 3.05) is 13.6 Å². The second kappa shape index (κ2) is 5.50. The molecule has 0 aromatic carbocycles. The average molecular weight is 336 g/mol. The molecule has 0 saturated heterocycles. The normalized spacial score (nSPS) is 15.2. The number of nitrogens with zero attached hydrogens (tertiary/aromatic N) is 4. The van der Waals surface area contributed by atoms with E-state index in [1.54, 1.807) is 6.07 Å². The van der Waals surface area contributed by atoms with Crippen LogP contribution in [0.1, 0.15) is 26.5 Å². The summed E-state index contributed by atoms with van der Waals surface area (Å²) in [6.45, 7) is 6.05. The molecule has 3 heterocycles. The molecule has 2 aromatic heterocycles. The van der Waals surface area contributed by atoms with Crippen molar-refractivity contribution in [3.05, 3.63) is 29.3 Å². The first kappa shape index (κ1) is 15.8. The second-order valence-electron chi connectivity index (χ2n) is 6.37. The molecule has 0 unspecified atom stereocenters. The lowest BCUT2D eigenvalue weighted by Crippen LogP contribution is -2.27. The monoisotopic (exact) mass is 335 g/mol. The van der Waals surface area contributed by atoms with Crippen LogP contribution in [0.2, 0.25) is 5.15 Å². The van der Waals surface area contributed by atoms with E-state index >= 15 is 0 Å². The number of hydrazine groups is 1. The zero-order valence-electron chi connectivity index (χ0n) is 13.4. The first-order chi connectivity index (χ1) is 10.7. The summed E-state index contributed by atoms with van der Waals surface area (Å²) in [6, 6.07) is 1.71. The maximum absolute atomic E-state index is 12.4. The van der Waals surface area contributed by atoms with Crippen LogP contribution in [0.25, 0.3) is 16.5 Å². The van der Waals surface area contributed by atoms with Crippen molar-refractivity contribution >= 4 is 34.2 Å². The lowest BCUT2D eigenvalue weighted by molar-refractivity contribution is 0.0522. The fourth-order valence-electron chi connectivity index (χ4n) is 2.35. The number of hydrogen-bond acceptors (Lipinski definition) is 6. The first-order valence-corrected chi connectivity index (χ1v) is 7.57. The number of pyridine rings is 1. The van der Waals surface area contributed by atoms with Crippen LogP contribution < -0.4 is 5.43 Å². The standard InChI is InChI=1S/C15H18ClN5O2/c1-15(2,3)23-14(22)21-11-7-17-12(16)5-10(11)13(19-21)9-6-18-20(4)8-9/h5,7-8,18H,6H2,1-4H3. The topological polar surface area (TPSA) is 72.3 Å². The molecule has 0 saturated carbocycles. The van der Waals surface area contributed by atoms with Gasteiger partial charge in [0.05, 0.1) is 17.4 Å². The van der Waals surface area contributed by atoms with Gasteiger partial charge in [-0.15, -0.1) is 0 Å². The molecule has 0 atom stereocenters. The summed E-state index contributed by atoms with van der Waals surface area (Å²) in [7, 11) is 1.90. The van der Waals surface area contributed by atoms with Crippen molar-refractivity contribution in [1.82, 2.24) is 25.2 Å². The molecule has 23 heavy (non-hydrogen) atoms. The van der Waals surface area contributed by atoms with E-state index in [1.807, 2.05) is 39.0 Å². The van der Waals surface area contributed by atoms with Gasteiger partial charge in [-0.3, -0.25) is 0 Å². The van der Waals surface area contributed by atoms with Gasteiger partial charge < -0.3 is 9.75 Å². The van der Waals surface area contributed by atoms with E-state index in [-0.39, 0.29) is 0 Å². The first-order valence-electron chi connectivity index (χ1n) is 7.19. The predicted molar refractivity (Wildman–Crippen MR) is 87.9 cm³/mol. The van der Waals surface area contributed by atoms with Crippen LogP contribution in [0.15, 0.2) is 18.5 Å². The van der Waals surface area contributed by atoms with E-state index in [1.165, 1.54) is 10.9 Å². The van der Waals surface area contributed by atoms with Gasteiger partial charge in [-0.1, -0.05) is 11.6 Å². The molecule has 0 bridgehead atoms. The van der Waals surface area contributed by atoms with Crippen LogP contribution in [0.4, 0.5) is 4.79 Å². The summed E-state index contributed by atoms with van der Waals surface area (Å²) in [5.74, 6) is 0. The number of hydrogen-bond donors (Lipinski definition) is 1. The second-order valence-corrected chi connectivity index (χ2v) is 6.75. The largest absolute Gasteiger partial charge is 0.442 e. The Balaban J connectivity index is 2.13. The molecule has 122 valence electrons. The van der Waals surface area contributed by atoms with Gasteiger partial charge in [0.2, 0.25) is 0 Å². The number of rotatable bonds is 1. The molecule has 3 rings (SSSR count). The molecule has 0 spiro atoms. The number of nitrogens with one attached hydrogen (secondary N) is 1. The quantitative estimate of drug-likeness (QED) is 0.808. The van der Waals surface area contributed by atoms with Gasteiger partial charge in [0, 0.05) is 30.8 Å². The Morgan fingerprint density at radius 1 is 1.43 bits per heavy atom. The van der Waals surface area contributed by atoms with Crippen LogP contribution in [0, 0.1) is 0 Å². The minimum absolute atomic E-state index is 0.349. The van der Waals surface area contributed by atoms with Crippen molar-refractivity contribution in [2.45, 2.75) is 26.4 Å². The lowest BCUT2D eigenvalue weighted by atomic mass is 10.1. The van der Waals surface area contributed by atoms with Crippen LogP contribution in [-0.2, 0) is 4.74 Å². The Hall–Kier alpha value is -2.12. The van der Waals surface area contributed by atoms with E-state index < -0.39 is 11.7 Å². The molecule has 0 fully saturated rings. The minimum atomic E-state index is -0.607. The molecule has 0 amide bonds. The highest BCUT2D eigenvalue weighted by Crippen LogP contribution is 2.28. The number of ether oxygens (including phenoxy) is 1. The third-order valence-electron chi connectivity index (χ3n) is 3.27. The summed E-state index contributed by atoms with van der Waals surface area (Å²) in [4.78, 5) is 16.5. The fourth-order valence-corrected chi connectivity index (χ4v) is 2.51. The van der Waals surface area contributed by atoms with Crippen LogP contribution in [0.5, 0.6) is 0 Å². The predicted octanol–water partition coefficient (Wildman–Crippen LogP) is 2.66. The van der Waals surface area contributed by atoms with Gasteiger partial charge in [0.1, 0.15) is 10.8 Å². The summed E-state index contributed by atoms with van der Waals surface area (Å²) in [6.07, 6.45) is 2.91. The zero-order chi connectivity index (χ0) is 16.8. The number of carbonyl (C=O) groups excluding carboxylic acids is 1. The highest BCUT2D eigenvalue weighted by atomic mass is 35.5. The SMILES string of the molecule is CN1C=C(c2nn(C(=O)OC(C)(C)C)c3cnc(Cl)cc23)CN1. The number of halogens is 1. The molecule has 8 heteroatoms. The van der Waals surface area contributed by atoms with Gasteiger partial charge in [0.15, 0.2) is 0 Å². The molecule has 2 aromatic rings. The number of carbonyl (C=O) groups is 1. The Morgan fingerprint density at radius 2 is 2.17 bits per heavy atom. The Labute approximate surface area is 138 Å². The van der Waals surface area contributed by atoms with Gasteiger partial charge in [-0.25, -0.2) is 15.2 Å². The molecule has 1 aliphatic heterocycles. The van der Waals surface area contributed by atoms with Crippen molar-refractivity contribution in [1.29, 1.82) is 0 Å². The molecular weight excluding hydrogens is 318 g/mol. The van der Waals surface area contributed by atoms with Crippen molar-refractivity contribution in [3.63, 3.8) is 0 Å². The van der Waals surface area contributed by atoms with Crippen molar-refractivity contribution in [2.24, 2.45) is 0 Å².